The van der Waals surface area contributed by atoms with E-state index in [-0.39, 0.29) is 36.7 Å². The van der Waals surface area contributed by atoms with Crippen LogP contribution in [-0.4, -0.2) is 55.0 Å². The fraction of sp³-hybridized carbons (Fsp3) is 0.692. The van der Waals surface area contributed by atoms with Crippen LogP contribution in [0.5, 0.6) is 0 Å². The standard InChI is InChI=1S/C13H22N4O3S/c1-9(2)16(6-5-12(19)20)11(18)7-21-13-15-14-8-17(13)10(3)4/h8-10H,5-7H2,1-4H3,(H,19,20). The van der Waals surface area contributed by atoms with Crippen LogP contribution < -0.4 is 0 Å². The maximum absolute atomic E-state index is 12.2. The topological polar surface area (TPSA) is 88.3 Å². The lowest BCUT2D eigenvalue weighted by Gasteiger charge is -2.26. The second-order valence-electron chi connectivity index (χ2n) is 5.23. The number of carboxylic acids is 1. The molecule has 0 saturated heterocycles. The van der Waals surface area contributed by atoms with E-state index in [4.69, 9.17) is 5.11 Å². The molecule has 1 aromatic rings. The van der Waals surface area contributed by atoms with Gasteiger partial charge >= 0.3 is 5.97 Å². The molecule has 0 aliphatic rings. The van der Waals surface area contributed by atoms with E-state index in [2.05, 4.69) is 10.2 Å². The summed E-state index contributed by atoms with van der Waals surface area (Å²) in [6, 6.07) is 0.200. The van der Waals surface area contributed by atoms with Crippen LogP contribution in [0.2, 0.25) is 0 Å². The van der Waals surface area contributed by atoms with Crippen LogP contribution in [0.15, 0.2) is 11.5 Å². The molecule has 0 atom stereocenters. The van der Waals surface area contributed by atoms with Crippen molar-refractivity contribution < 1.29 is 14.7 Å². The van der Waals surface area contributed by atoms with Crippen LogP contribution in [0.4, 0.5) is 0 Å². The molecule has 1 rings (SSSR count). The number of amides is 1. The Hall–Kier alpha value is -1.57. The first kappa shape index (κ1) is 17.5. The van der Waals surface area contributed by atoms with E-state index < -0.39 is 5.97 Å². The van der Waals surface area contributed by atoms with Gasteiger partial charge in [0.2, 0.25) is 5.91 Å². The molecule has 0 unspecified atom stereocenters. The van der Waals surface area contributed by atoms with Crippen molar-refractivity contribution in [3.05, 3.63) is 6.33 Å². The number of thioether (sulfide) groups is 1. The zero-order valence-corrected chi connectivity index (χ0v) is 13.6. The fourth-order valence-corrected chi connectivity index (χ4v) is 2.72. The van der Waals surface area contributed by atoms with Gasteiger partial charge in [-0.1, -0.05) is 11.8 Å². The molecule has 0 spiro atoms. The fourth-order valence-electron chi connectivity index (χ4n) is 1.79. The Kier molecular flexibility index (Phi) is 6.67. The smallest absolute Gasteiger partial charge is 0.305 e. The molecule has 0 fully saturated rings. The molecule has 1 amide bonds. The van der Waals surface area contributed by atoms with E-state index in [1.807, 2.05) is 32.3 Å². The highest BCUT2D eigenvalue weighted by Crippen LogP contribution is 2.19. The van der Waals surface area contributed by atoms with Gasteiger partial charge in [-0.25, -0.2) is 0 Å². The number of nitrogens with zero attached hydrogens (tertiary/aromatic N) is 4. The molecule has 1 aromatic heterocycles. The van der Waals surface area contributed by atoms with Gasteiger partial charge in [-0.3, -0.25) is 9.59 Å². The largest absolute Gasteiger partial charge is 0.481 e. The Morgan fingerprint density at radius 3 is 2.57 bits per heavy atom. The summed E-state index contributed by atoms with van der Waals surface area (Å²) in [6.07, 6.45) is 1.60. The van der Waals surface area contributed by atoms with E-state index in [1.165, 1.54) is 11.8 Å². The average Bonchev–Trinajstić information content (AvgIpc) is 2.84. The van der Waals surface area contributed by atoms with E-state index >= 15 is 0 Å². The minimum absolute atomic E-state index is 0.0274. The van der Waals surface area contributed by atoms with Crippen LogP contribution in [-0.2, 0) is 9.59 Å². The van der Waals surface area contributed by atoms with E-state index in [0.717, 1.165) is 0 Å². The van der Waals surface area contributed by atoms with Gasteiger partial charge in [-0.05, 0) is 27.7 Å². The molecule has 0 aromatic carbocycles. The quantitative estimate of drug-likeness (QED) is 0.734. The van der Waals surface area contributed by atoms with Crippen molar-refractivity contribution in [2.45, 2.75) is 51.4 Å². The Balaban J connectivity index is 2.61. The molecule has 0 radical (unpaired) electrons. The summed E-state index contributed by atoms with van der Waals surface area (Å²) in [4.78, 5) is 24.5. The lowest BCUT2D eigenvalue weighted by molar-refractivity contribution is -0.138. The number of aromatic nitrogens is 3. The molecule has 0 aliphatic heterocycles. The Morgan fingerprint density at radius 2 is 2.05 bits per heavy atom. The summed E-state index contributed by atoms with van der Waals surface area (Å²) in [6.45, 7) is 8.01. The van der Waals surface area contributed by atoms with Crippen LogP contribution in [0, 0.1) is 0 Å². The zero-order chi connectivity index (χ0) is 16.0. The normalized spacial score (nSPS) is 11.1. The van der Waals surface area contributed by atoms with E-state index in [9.17, 15) is 9.59 Å². The molecule has 7 nitrogen and oxygen atoms in total. The Bertz CT molecular complexity index is 488. The summed E-state index contributed by atoms with van der Waals surface area (Å²) in [5, 5.41) is 17.3. The number of hydrogen-bond donors (Lipinski definition) is 1. The highest BCUT2D eigenvalue weighted by atomic mass is 32.2. The minimum Gasteiger partial charge on any atom is -0.481 e. The summed E-state index contributed by atoms with van der Waals surface area (Å²) in [5.74, 6) is -0.765. The van der Waals surface area contributed by atoms with Crippen molar-refractivity contribution in [3.63, 3.8) is 0 Å². The monoisotopic (exact) mass is 314 g/mol. The maximum Gasteiger partial charge on any atom is 0.305 e. The first-order chi connectivity index (χ1) is 9.82. The molecule has 21 heavy (non-hydrogen) atoms. The van der Waals surface area contributed by atoms with Crippen LogP contribution in [0.1, 0.15) is 40.2 Å². The minimum atomic E-state index is -0.902. The second-order valence-corrected chi connectivity index (χ2v) is 6.17. The van der Waals surface area contributed by atoms with Crippen molar-refractivity contribution in [3.8, 4) is 0 Å². The predicted octanol–water partition coefficient (Wildman–Crippen LogP) is 1.66. The molecular weight excluding hydrogens is 292 g/mol. The number of aliphatic carboxylic acids is 1. The van der Waals surface area contributed by atoms with Crippen LogP contribution in [0.25, 0.3) is 0 Å². The summed E-state index contributed by atoms with van der Waals surface area (Å²) in [5.41, 5.74) is 0. The molecule has 0 bridgehead atoms. The molecule has 1 N–H and O–H groups in total. The maximum atomic E-state index is 12.2. The van der Waals surface area contributed by atoms with Crippen LogP contribution in [0.3, 0.4) is 0 Å². The zero-order valence-electron chi connectivity index (χ0n) is 12.8. The highest BCUT2D eigenvalue weighted by molar-refractivity contribution is 7.99. The van der Waals surface area contributed by atoms with Crippen LogP contribution >= 0.6 is 11.8 Å². The van der Waals surface area contributed by atoms with Gasteiger partial charge in [0.1, 0.15) is 6.33 Å². The molecule has 0 saturated carbocycles. The summed E-state index contributed by atoms with van der Waals surface area (Å²) >= 11 is 1.32. The summed E-state index contributed by atoms with van der Waals surface area (Å²) in [7, 11) is 0. The predicted molar refractivity (Wildman–Crippen MR) is 80.2 cm³/mol. The van der Waals surface area contributed by atoms with Crippen molar-refractivity contribution in [2.24, 2.45) is 0 Å². The number of hydrogen-bond acceptors (Lipinski definition) is 5. The lowest BCUT2D eigenvalue weighted by Crippen LogP contribution is -2.39. The van der Waals surface area contributed by atoms with Crippen molar-refractivity contribution >= 4 is 23.6 Å². The Labute approximate surface area is 128 Å². The number of carbonyl (C=O) groups excluding carboxylic acids is 1. The van der Waals surface area contributed by atoms with Crippen molar-refractivity contribution in [1.29, 1.82) is 0 Å². The SMILES string of the molecule is CC(C)N(CCC(=O)O)C(=O)CSc1nncn1C(C)C. The number of carboxylic acid groups (broad SMARTS) is 1. The first-order valence-electron chi connectivity index (χ1n) is 6.86. The molecule has 118 valence electrons. The highest BCUT2D eigenvalue weighted by Gasteiger charge is 2.19. The van der Waals surface area contributed by atoms with Gasteiger partial charge in [-0.2, -0.15) is 0 Å². The van der Waals surface area contributed by atoms with Gasteiger partial charge < -0.3 is 14.6 Å². The Morgan fingerprint density at radius 1 is 1.38 bits per heavy atom. The third-order valence-corrected chi connectivity index (χ3v) is 3.87. The third kappa shape index (κ3) is 5.37. The molecular formula is C13H22N4O3S. The summed E-state index contributed by atoms with van der Waals surface area (Å²) < 4.78 is 1.90. The molecule has 0 aliphatic carbocycles. The second kappa shape index (κ2) is 8.02. The van der Waals surface area contributed by atoms with Gasteiger partial charge in [0.25, 0.3) is 0 Å². The lowest BCUT2D eigenvalue weighted by atomic mass is 10.3. The average molecular weight is 314 g/mol. The van der Waals surface area contributed by atoms with Gasteiger partial charge in [0.05, 0.1) is 12.2 Å². The first-order valence-corrected chi connectivity index (χ1v) is 7.85. The number of rotatable bonds is 8. The molecule has 1 heterocycles. The molecule has 8 heteroatoms. The van der Waals surface area contributed by atoms with Gasteiger partial charge in [0, 0.05) is 18.6 Å². The number of carbonyl (C=O) groups is 2. The van der Waals surface area contributed by atoms with Crippen molar-refractivity contribution in [2.75, 3.05) is 12.3 Å². The van der Waals surface area contributed by atoms with E-state index in [1.54, 1.807) is 11.2 Å². The van der Waals surface area contributed by atoms with Gasteiger partial charge in [0.15, 0.2) is 5.16 Å². The van der Waals surface area contributed by atoms with Gasteiger partial charge in [-0.15, -0.1) is 10.2 Å². The van der Waals surface area contributed by atoms with Crippen molar-refractivity contribution in [1.82, 2.24) is 19.7 Å². The third-order valence-electron chi connectivity index (χ3n) is 2.93. The van der Waals surface area contributed by atoms with E-state index in [0.29, 0.717) is 5.16 Å².